The Labute approximate surface area is 109 Å². The van der Waals surface area contributed by atoms with Crippen molar-refractivity contribution < 1.29 is 9.90 Å². The summed E-state index contributed by atoms with van der Waals surface area (Å²) in [7, 11) is 0. The van der Waals surface area contributed by atoms with Gasteiger partial charge >= 0.3 is 5.97 Å². The van der Waals surface area contributed by atoms with Crippen LogP contribution in [0.2, 0.25) is 5.02 Å². The second kappa shape index (κ2) is 5.60. The van der Waals surface area contributed by atoms with Crippen LogP contribution in [0.25, 0.3) is 0 Å². The lowest BCUT2D eigenvalue weighted by molar-refractivity contribution is -0.138. The summed E-state index contributed by atoms with van der Waals surface area (Å²) in [5.74, 6) is -1.67. The van der Waals surface area contributed by atoms with Gasteiger partial charge in [0.25, 0.3) is 0 Å². The number of nitrogens with zero attached hydrogens (tertiary/aromatic N) is 2. The van der Waals surface area contributed by atoms with Crippen LogP contribution in [0.3, 0.4) is 0 Å². The number of carboxylic acids is 1. The molecular weight excluding hydrogens is 252 g/mol. The maximum Gasteiger partial charge on any atom is 0.313 e. The highest BCUT2D eigenvalue weighted by Crippen LogP contribution is 2.24. The molecule has 1 aromatic carbocycles. The van der Waals surface area contributed by atoms with Gasteiger partial charge in [-0.15, -0.1) is 0 Å². The molecule has 4 nitrogen and oxygen atoms in total. The van der Waals surface area contributed by atoms with E-state index in [2.05, 4.69) is 10.2 Å². The molecule has 92 valence electrons. The number of halogens is 1. The summed E-state index contributed by atoms with van der Waals surface area (Å²) >= 11 is 6.03. The molecule has 2 rings (SSSR count). The molecule has 1 aromatic heterocycles. The predicted molar refractivity (Wildman–Crippen MR) is 67.6 cm³/mol. The highest BCUT2D eigenvalue weighted by Gasteiger charge is 2.22. The quantitative estimate of drug-likeness (QED) is 0.920. The topological polar surface area (TPSA) is 63.1 Å². The van der Waals surface area contributed by atoms with Gasteiger partial charge in [-0.2, -0.15) is 10.2 Å². The lowest BCUT2D eigenvalue weighted by Gasteiger charge is -2.12. The van der Waals surface area contributed by atoms with E-state index in [1.807, 2.05) is 18.2 Å². The normalized spacial score (nSPS) is 12.1. The number of aromatic nitrogens is 2. The van der Waals surface area contributed by atoms with E-state index in [0.717, 1.165) is 5.56 Å². The van der Waals surface area contributed by atoms with E-state index in [1.54, 1.807) is 18.2 Å². The zero-order chi connectivity index (χ0) is 13.0. The molecule has 0 saturated heterocycles. The van der Waals surface area contributed by atoms with E-state index in [1.165, 1.54) is 6.20 Å². The van der Waals surface area contributed by atoms with E-state index in [9.17, 15) is 9.90 Å². The smallest absolute Gasteiger partial charge is 0.313 e. The molecule has 0 spiro atoms. The first-order chi connectivity index (χ1) is 8.68. The van der Waals surface area contributed by atoms with Crippen molar-refractivity contribution in [1.29, 1.82) is 0 Å². The molecule has 0 radical (unpaired) electrons. The Morgan fingerprint density at radius 1 is 1.28 bits per heavy atom. The van der Waals surface area contributed by atoms with Gasteiger partial charge in [0, 0.05) is 11.2 Å². The van der Waals surface area contributed by atoms with Crippen LogP contribution in [0.4, 0.5) is 0 Å². The molecule has 1 atom stereocenters. The molecule has 0 amide bonds. The molecule has 0 aliphatic carbocycles. The van der Waals surface area contributed by atoms with Crippen LogP contribution < -0.4 is 0 Å². The number of hydrogen-bond donors (Lipinski definition) is 1. The van der Waals surface area contributed by atoms with Gasteiger partial charge in [-0.05, 0) is 30.2 Å². The average Bonchev–Trinajstić information content (AvgIpc) is 2.38. The van der Waals surface area contributed by atoms with Crippen molar-refractivity contribution in [2.45, 2.75) is 12.3 Å². The minimum absolute atomic E-state index is 0.299. The second-order valence-electron chi connectivity index (χ2n) is 3.83. The molecule has 0 fully saturated rings. The summed E-state index contributed by atoms with van der Waals surface area (Å²) in [6, 6.07) is 10.5. The van der Waals surface area contributed by atoms with Gasteiger partial charge < -0.3 is 5.11 Å². The monoisotopic (exact) mass is 262 g/mol. The first-order valence-electron chi connectivity index (χ1n) is 5.42. The van der Waals surface area contributed by atoms with Crippen molar-refractivity contribution in [3.8, 4) is 0 Å². The van der Waals surface area contributed by atoms with Crippen LogP contribution in [0.15, 0.2) is 42.6 Å². The van der Waals surface area contributed by atoms with E-state index in [-0.39, 0.29) is 0 Å². The van der Waals surface area contributed by atoms with Gasteiger partial charge in [0.15, 0.2) is 0 Å². The van der Waals surface area contributed by atoms with E-state index in [4.69, 9.17) is 11.6 Å². The van der Waals surface area contributed by atoms with Crippen LogP contribution >= 0.6 is 11.6 Å². The minimum atomic E-state index is -0.935. The third kappa shape index (κ3) is 2.84. The summed E-state index contributed by atoms with van der Waals surface area (Å²) in [5.41, 5.74) is 1.22. The third-order valence-electron chi connectivity index (χ3n) is 2.63. The van der Waals surface area contributed by atoms with Crippen molar-refractivity contribution in [1.82, 2.24) is 10.2 Å². The number of carbonyl (C=O) groups is 1. The lowest BCUT2D eigenvalue weighted by atomic mass is 9.96. The fourth-order valence-electron chi connectivity index (χ4n) is 1.70. The maximum atomic E-state index is 11.3. The summed E-state index contributed by atoms with van der Waals surface area (Å²) in [6.45, 7) is 0. The Bertz CT molecular complexity index is 546. The number of aliphatic carboxylic acids is 1. The molecule has 0 aliphatic rings. The Balaban J connectivity index is 2.28. The number of rotatable bonds is 4. The van der Waals surface area contributed by atoms with Crippen LogP contribution in [0.5, 0.6) is 0 Å². The largest absolute Gasteiger partial charge is 0.481 e. The number of benzene rings is 1. The van der Waals surface area contributed by atoms with Crippen molar-refractivity contribution in [2.75, 3.05) is 0 Å². The fraction of sp³-hybridized carbons (Fsp3) is 0.154. The van der Waals surface area contributed by atoms with Gasteiger partial charge in [-0.25, -0.2) is 0 Å². The Morgan fingerprint density at radius 2 is 2.06 bits per heavy atom. The van der Waals surface area contributed by atoms with Crippen molar-refractivity contribution in [2.24, 2.45) is 0 Å². The van der Waals surface area contributed by atoms with Crippen molar-refractivity contribution in [3.05, 3.63) is 58.9 Å². The molecule has 1 unspecified atom stereocenters. The molecule has 1 N–H and O–H groups in total. The Morgan fingerprint density at radius 3 is 2.67 bits per heavy atom. The zero-order valence-corrected chi connectivity index (χ0v) is 10.2. The Hall–Kier alpha value is -1.94. The molecule has 2 aromatic rings. The molecule has 5 heteroatoms. The molecule has 0 bridgehead atoms. The standard InChI is InChI=1S/C13H11ClN2O2/c14-11-5-2-1-4-9(11)8-10(13(17)18)12-6-3-7-15-16-12/h1-7,10H,8H2,(H,17,18). The molecule has 0 saturated carbocycles. The summed E-state index contributed by atoms with van der Waals surface area (Å²) in [4.78, 5) is 11.3. The van der Waals surface area contributed by atoms with Crippen LogP contribution in [-0.2, 0) is 11.2 Å². The van der Waals surface area contributed by atoms with Crippen LogP contribution in [-0.4, -0.2) is 21.3 Å². The average molecular weight is 263 g/mol. The van der Waals surface area contributed by atoms with E-state index in [0.29, 0.717) is 17.1 Å². The molecule has 1 heterocycles. The predicted octanol–water partition coefficient (Wildman–Crippen LogP) is 2.54. The minimum Gasteiger partial charge on any atom is -0.481 e. The first-order valence-corrected chi connectivity index (χ1v) is 5.80. The van der Waals surface area contributed by atoms with Gasteiger partial charge in [-0.1, -0.05) is 29.8 Å². The maximum absolute atomic E-state index is 11.3. The van der Waals surface area contributed by atoms with E-state index >= 15 is 0 Å². The van der Waals surface area contributed by atoms with E-state index < -0.39 is 11.9 Å². The van der Waals surface area contributed by atoms with Gasteiger partial charge in [-0.3, -0.25) is 4.79 Å². The third-order valence-corrected chi connectivity index (χ3v) is 3.00. The lowest BCUT2D eigenvalue weighted by Crippen LogP contribution is -2.16. The van der Waals surface area contributed by atoms with Gasteiger partial charge in [0.2, 0.25) is 0 Å². The number of carboxylic acid groups (broad SMARTS) is 1. The SMILES string of the molecule is O=C(O)C(Cc1ccccc1Cl)c1cccnn1. The Kier molecular flexibility index (Phi) is 3.89. The highest BCUT2D eigenvalue weighted by molar-refractivity contribution is 6.31. The van der Waals surface area contributed by atoms with Crippen LogP contribution in [0, 0.1) is 0 Å². The summed E-state index contributed by atoms with van der Waals surface area (Å²) in [5, 5.41) is 17.4. The van der Waals surface area contributed by atoms with Crippen molar-refractivity contribution in [3.63, 3.8) is 0 Å². The number of hydrogen-bond acceptors (Lipinski definition) is 3. The molecule has 18 heavy (non-hydrogen) atoms. The molecule has 0 aliphatic heterocycles. The molecular formula is C13H11ClN2O2. The highest BCUT2D eigenvalue weighted by atomic mass is 35.5. The van der Waals surface area contributed by atoms with Gasteiger partial charge in [0.1, 0.15) is 5.92 Å². The summed E-state index contributed by atoms with van der Waals surface area (Å²) < 4.78 is 0. The summed E-state index contributed by atoms with van der Waals surface area (Å²) in [6.07, 6.45) is 1.81. The van der Waals surface area contributed by atoms with Crippen molar-refractivity contribution >= 4 is 17.6 Å². The fourth-order valence-corrected chi connectivity index (χ4v) is 1.91. The second-order valence-corrected chi connectivity index (χ2v) is 4.24. The van der Waals surface area contributed by atoms with Gasteiger partial charge in [0.05, 0.1) is 5.69 Å². The van der Waals surface area contributed by atoms with Crippen LogP contribution in [0.1, 0.15) is 17.2 Å². The zero-order valence-electron chi connectivity index (χ0n) is 9.45. The first kappa shape index (κ1) is 12.5.